The summed E-state index contributed by atoms with van der Waals surface area (Å²) in [6.45, 7) is 5.75. The molecule has 0 radical (unpaired) electrons. The van der Waals surface area contributed by atoms with E-state index >= 15 is 0 Å². The Kier molecular flexibility index (Phi) is 4.38. The first-order chi connectivity index (χ1) is 9.63. The fourth-order valence-electron chi connectivity index (χ4n) is 2.00. The molecule has 0 bridgehead atoms. The van der Waals surface area contributed by atoms with Gasteiger partial charge in [-0.1, -0.05) is 18.7 Å². The molecule has 1 aromatic carbocycles. The molecule has 0 saturated heterocycles. The third-order valence-electron chi connectivity index (χ3n) is 3.17. The molecular weight excluding hydrogens is 248 g/mol. The molecule has 0 fully saturated rings. The monoisotopic (exact) mass is 268 g/mol. The number of aromatic nitrogens is 1. The van der Waals surface area contributed by atoms with Crippen molar-refractivity contribution in [3.8, 4) is 0 Å². The molecule has 4 nitrogen and oxygen atoms in total. The van der Waals surface area contributed by atoms with E-state index in [-0.39, 0.29) is 0 Å². The fraction of sp³-hybridized carbons (Fsp3) is 0.188. The van der Waals surface area contributed by atoms with Crippen LogP contribution in [0.15, 0.2) is 49.4 Å². The predicted octanol–water partition coefficient (Wildman–Crippen LogP) is 3.22. The van der Waals surface area contributed by atoms with Crippen LogP contribution in [0.25, 0.3) is 16.3 Å². The van der Waals surface area contributed by atoms with E-state index in [1.807, 2.05) is 31.4 Å². The second-order valence-electron chi connectivity index (χ2n) is 4.63. The number of allylic oxidation sites excluding steroid dienone is 1. The van der Waals surface area contributed by atoms with Crippen LogP contribution in [0.4, 0.5) is 5.82 Å². The van der Waals surface area contributed by atoms with E-state index in [1.165, 1.54) is 11.1 Å². The van der Waals surface area contributed by atoms with E-state index < -0.39 is 0 Å². The SMILES string of the molecule is C=CNc1cc2cc(/C(C)=C/N(C)NC)ccc2cn1. The Morgan fingerprint density at radius 1 is 1.30 bits per heavy atom. The Morgan fingerprint density at radius 3 is 2.80 bits per heavy atom. The lowest BCUT2D eigenvalue weighted by molar-refractivity contribution is 0.366. The Bertz CT molecular complexity index is 646. The number of nitrogens with zero attached hydrogens (tertiary/aromatic N) is 2. The maximum absolute atomic E-state index is 4.32. The molecule has 1 heterocycles. The molecule has 2 rings (SSSR count). The molecule has 20 heavy (non-hydrogen) atoms. The molecule has 0 aliphatic heterocycles. The van der Waals surface area contributed by atoms with Crippen molar-refractivity contribution in [1.82, 2.24) is 15.4 Å². The zero-order chi connectivity index (χ0) is 14.5. The van der Waals surface area contributed by atoms with Gasteiger partial charge in [0.2, 0.25) is 0 Å². The summed E-state index contributed by atoms with van der Waals surface area (Å²) in [6, 6.07) is 8.39. The maximum atomic E-state index is 4.32. The van der Waals surface area contributed by atoms with Gasteiger partial charge in [-0.05, 0) is 41.8 Å². The van der Waals surface area contributed by atoms with Crippen molar-refractivity contribution in [1.29, 1.82) is 0 Å². The fourth-order valence-corrected chi connectivity index (χ4v) is 2.00. The lowest BCUT2D eigenvalue weighted by Crippen LogP contribution is -2.25. The maximum Gasteiger partial charge on any atom is 0.130 e. The molecule has 4 heteroatoms. The zero-order valence-corrected chi connectivity index (χ0v) is 12.1. The standard InChI is InChI=1S/C16H20N4/c1-5-18-16-9-15-8-13(6-7-14(15)10-19-16)12(2)11-20(4)17-3/h5-11,17H,1H2,2-4H3,(H,18,19)/b12-11+. The third-order valence-corrected chi connectivity index (χ3v) is 3.17. The number of benzene rings is 1. The van der Waals surface area contributed by atoms with Crippen LogP contribution in [0.5, 0.6) is 0 Å². The highest BCUT2D eigenvalue weighted by molar-refractivity contribution is 5.87. The van der Waals surface area contributed by atoms with Gasteiger partial charge in [-0.3, -0.25) is 0 Å². The second-order valence-corrected chi connectivity index (χ2v) is 4.63. The van der Waals surface area contributed by atoms with Gasteiger partial charge in [0.05, 0.1) is 0 Å². The lowest BCUT2D eigenvalue weighted by Gasteiger charge is -2.14. The van der Waals surface area contributed by atoms with Crippen LogP contribution in [0.3, 0.4) is 0 Å². The molecule has 1 aromatic heterocycles. The molecule has 0 aliphatic carbocycles. The Balaban J connectivity index is 2.41. The number of hydrazine groups is 1. The summed E-state index contributed by atoms with van der Waals surface area (Å²) in [5.74, 6) is 0.804. The predicted molar refractivity (Wildman–Crippen MR) is 86.0 cm³/mol. The number of rotatable bonds is 5. The average Bonchev–Trinajstić information content (AvgIpc) is 2.46. The first-order valence-electron chi connectivity index (χ1n) is 6.50. The van der Waals surface area contributed by atoms with Crippen LogP contribution in [0.1, 0.15) is 12.5 Å². The van der Waals surface area contributed by atoms with Crippen LogP contribution in [0.2, 0.25) is 0 Å². The molecule has 0 aliphatic rings. The molecule has 0 spiro atoms. The van der Waals surface area contributed by atoms with Crippen LogP contribution in [0, 0.1) is 0 Å². The van der Waals surface area contributed by atoms with Crippen molar-refractivity contribution in [3.05, 3.63) is 55.0 Å². The normalized spacial score (nSPS) is 11.4. The van der Waals surface area contributed by atoms with Crippen molar-refractivity contribution in [2.24, 2.45) is 0 Å². The number of fused-ring (bicyclic) bond motifs is 1. The van der Waals surface area contributed by atoms with Gasteiger partial charge in [-0.2, -0.15) is 0 Å². The average molecular weight is 268 g/mol. The van der Waals surface area contributed by atoms with Crippen LogP contribution in [-0.2, 0) is 0 Å². The zero-order valence-electron chi connectivity index (χ0n) is 12.1. The molecule has 0 saturated carbocycles. The van der Waals surface area contributed by atoms with E-state index in [4.69, 9.17) is 0 Å². The first kappa shape index (κ1) is 14.1. The van der Waals surface area contributed by atoms with E-state index in [2.05, 4.69) is 53.6 Å². The van der Waals surface area contributed by atoms with Crippen molar-refractivity contribution >= 4 is 22.2 Å². The summed E-state index contributed by atoms with van der Waals surface area (Å²) >= 11 is 0. The minimum Gasteiger partial charge on any atom is -0.347 e. The summed E-state index contributed by atoms with van der Waals surface area (Å²) < 4.78 is 0. The number of pyridine rings is 1. The number of hydrogen-bond donors (Lipinski definition) is 2. The summed E-state index contributed by atoms with van der Waals surface area (Å²) in [7, 11) is 3.86. The highest BCUT2D eigenvalue weighted by Crippen LogP contribution is 2.22. The van der Waals surface area contributed by atoms with Crippen molar-refractivity contribution in [2.45, 2.75) is 6.92 Å². The minimum atomic E-state index is 0.804. The van der Waals surface area contributed by atoms with Crippen molar-refractivity contribution in [2.75, 3.05) is 19.4 Å². The largest absolute Gasteiger partial charge is 0.347 e. The van der Waals surface area contributed by atoms with Gasteiger partial charge in [0, 0.05) is 31.9 Å². The van der Waals surface area contributed by atoms with Gasteiger partial charge in [-0.15, -0.1) is 0 Å². The summed E-state index contributed by atoms with van der Waals surface area (Å²) in [4.78, 5) is 4.32. The molecule has 2 aromatic rings. The van der Waals surface area contributed by atoms with Gasteiger partial charge in [0.15, 0.2) is 0 Å². The topological polar surface area (TPSA) is 40.2 Å². The first-order valence-corrected chi connectivity index (χ1v) is 6.50. The summed E-state index contributed by atoms with van der Waals surface area (Å²) in [6.07, 6.45) is 5.56. The molecular formula is C16H20N4. The highest BCUT2D eigenvalue weighted by Gasteiger charge is 2.01. The Hall–Kier alpha value is -2.33. The van der Waals surface area contributed by atoms with Gasteiger partial charge in [-0.25, -0.2) is 10.4 Å². The van der Waals surface area contributed by atoms with E-state index in [1.54, 1.807) is 6.20 Å². The van der Waals surface area contributed by atoms with Gasteiger partial charge in [0.1, 0.15) is 5.82 Å². The van der Waals surface area contributed by atoms with Gasteiger partial charge < -0.3 is 10.3 Å². The molecule has 104 valence electrons. The molecule has 0 unspecified atom stereocenters. The number of hydrogen-bond acceptors (Lipinski definition) is 4. The number of nitrogens with one attached hydrogen (secondary N) is 2. The smallest absolute Gasteiger partial charge is 0.130 e. The number of anilines is 1. The molecule has 2 N–H and O–H groups in total. The third kappa shape index (κ3) is 3.16. The molecule has 0 amide bonds. The van der Waals surface area contributed by atoms with Crippen LogP contribution in [-0.4, -0.2) is 24.1 Å². The van der Waals surface area contributed by atoms with E-state index in [9.17, 15) is 0 Å². The summed E-state index contributed by atoms with van der Waals surface area (Å²) in [5, 5.41) is 7.21. The Morgan fingerprint density at radius 2 is 2.10 bits per heavy atom. The van der Waals surface area contributed by atoms with Gasteiger partial charge >= 0.3 is 0 Å². The van der Waals surface area contributed by atoms with Crippen molar-refractivity contribution < 1.29 is 0 Å². The van der Waals surface area contributed by atoms with Crippen LogP contribution >= 0.6 is 0 Å². The second kappa shape index (κ2) is 6.21. The van der Waals surface area contributed by atoms with Gasteiger partial charge in [0.25, 0.3) is 0 Å². The van der Waals surface area contributed by atoms with E-state index in [0.717, 1.165) is 16.6 Å². The molecule has 0 atom stereocenters. The van der Waals surface area contributed by atoms with Crippen LogP contribution < -0.4 is 10.7 Å². The highest BCUT2D eigenvalue weighted by atomic mass is 15.5. The summed E-state index contributed by atoms with van der Waals surface area (Å²) in [5.41, 5.74) is 5.44. The Labute approximate surface area is 119 Å². The quantitative estimate of drug-likeness (QED) is 0.817. The van der Waals surface area contributed by atoms with Crippen molar-refractivity contribution in [3.63, 3.8) is 0 Å². The van der Waals surface area contributed by atoms with E-state index in [0.29, 0.717) is 0 Å². The minimum absolute atomic E-state index is 0.804. The lowest BCUT2D eigenvalue weighted by atomic mass is 10.0.